The first-order chi connectivity index (χ1) is 28.5. The van der Waals surface area contributed by atoms with Crippen LogP contribution in [0.1, 0.15) is 258 Å². The zero-order chi connectivity index (χ0) is 42.3. The molecule has 0 saturated heterocycles. The number of hydrogen-bond donors (Lipinski definition) is 3. The van der Waals surface area contributed by atoms with Crippen molar-refractivity contribution in [1.82, 2.24) is 5.32 Å². The molecule has 340 valence electrons. The number of ether oxygens (including phenoxy) is 1. The number of carbonyl (C=O) groups is 2. The topological polar surface area (TPSA) is 95.9 Å². The Labute approximate surface area is 360 Å². The molecule has 0 aliphatic rings. The average molecular weight is 816 g/mol. The molecule has 3 N–H and O–H groups in total. The Morgan fingerprint density at radius 1 is 0.483 bits per heavy atom. The van der Waals surface area contributed by atoms with Crippen LogP contribution < -0.4 is 5.32 Å². The Kier molecular flexibility index (Phi) is 46.2. The number of amides is 1. The van der Waals surface area contributed by atoms with E-state index in [1.54, 1.807) is 0 Å². The molecule has 0 fully saturated rings. The number of esters is 1. The van der Waals surface area contributed by atoms with Crippen LogP contribution in [-0.2, 0) is 14.3 Å². The molecule has 0 spiro atoms. The summed E-state index contributed by atoms with van der Waals surface area (Å²) in [5.74, 6) is -0.0904. The predicted octanol–water partition coefficient (Wildman–Crippen LogP) is 14.9. The van der Waals surface area contributed by atoms with Gasteiger partial charge in [-0.3, -0.25) is 9.59 Å². The van der Waals surface area contributed by atoms with Gasteiger partial charge in [-0.15, -0.1) is 0 Å². The van der Waals surface area contributed by atoms with Crippen molar-refractivity contribution in [1.29, 1.82) is 0 Å². The predicted molar refractivity (Wildman–Crippen MR) is 250 cm³/mol. The van der Waals surface area contributed by atoms with Crippen LogP contribution in [0.15, 0.2) is 36.5 Å². The molecule has 0 aromatic carbocycles. The quantitative estimate of drug-likeness (QED) is 0.0246. The van der Waals surface area contributed by atoms with E-state index in [0.29, 0.717) is 25.9 Å². The van der Waals surface area contributed by atoms with Crippen LogP contribution >= 0.6 is 0 Å². The largest absolute Gasteiger partial charge is 0.466 e. The molecule has 0 aromatic heterocycles. The highest BCUT2D eigenvalue weighted by Crippen LogP contribution is 2.15. The number of nitrogens with one attached hydrogen (secondary N) is 1. The third kappa shape index (κ3) is 43.7. The minimum absolute atomic E-state index is 0.0316. The van der Waals surface area contributed by atoms with Crippen molar-refractivity contribution in [3.8, 4) is 0 Å². The smallest absolute Gasteiger partial charge is 0.305 e. The van der Waals surface area contributed by atoms with E-state index in [1.807, 2.05) is 0 Å². The van der Waals surface area contributed by atoms with E-state index in [9.17, 15) is 19.8 Å². The van der Waals surface area contributed by atoms with Crippen LogP contribution in [0.3, 0.4) is 0 Å². The first-order valence-corrected chi connectivity index (χ1v) is 25.3. The summed E-state index contributed by atoms with van der Waals surface area (Å²) in [6.45, 7) is 4.86. The normalized spacial score (nSPS) is 13.0. The van der Waals surface area contributed by atoms with Gasteiger partial charge in [-0.25, -0.2) is 0 Å². The average Bonchev–Trinajstić information content (AvgIpc) is 3.22. The summed E-state index contributed by atoms with van der Waals surface area (Å²) >= 11 is 0. The molecular formula is C52H97NO5. The van der Waals surface area contributed by atoms with Gasteiger partial charge in [0.2, 0.25) is 5.91 Å². The maximum absolute atomic E-state index is 12.4. The zero-order valence-corrected chi connectivity index (χ0v) is 38.5. The summed E-state index contributed by atoms with van der Waals surface area (Å²) in [5.41, 5.74) is 0. The van der Waals surface area contributed by atoms with E-state index >= 15 is 0 Å². The first kappa shape index (κ1) is 56.1. The molecule has 0 aliphatic carbocycles. The summed E-state index contributed by atoms with van der Waals surface area (Å²) in [6.07, 6.45) is 56.8. The standard InChI is InChI=1S/C52H97NO5/c1-3-5-7-9-11-13-15-20-24-28-32-36-40-44-50(55)49(48-54)53-51(56)45-41-37-33-29-25-22-18-17-19-23-27-31-35-39-43-47-58-52(57)46-42-38-34-30-26-21-16-14-12-10-8-6-4-2/h14,16-17,19,23,27,49-50,54-55H,3-13,15,18,20-22,24-26,28-48H2,1-2H3,(H,53,56)/b16-14-,19-17-,27-23-. The fraction of sp³-hybridized carbons (Fsp3) is 0.846. The number of unbranched alkanes of at least 4 members (excludes halogenated alkanes) is 30. The maximum Gasteiger partial charge on any atom is 0.305 e. The lowest BCUT2D eigenvalue weighted by Gasteiger charge is -2.22. The highest BCUT2D eigenvalue weighted by Gasteiger charge is 2.20. The molecule has 1 amide bonds. The first-order valence-electron chi connectivity index (χ1n) is 25.3. The monoisotopic (exact) mass is 816 g/mol. The third-order valence-electron chi connectivity index (χ3n) is 11.4. The van der Waals surface area contributed by atoms with E-state index in [1.165, 1.54) is 148 Å². The minimum atomic E-state index is -0.678. The van der Waals surface area contributed by atoms with Crippen LogP contribution in [0.5, 0.6) is 0 Å². The van der Waals surface area contributed by atoms with Gasteiger partial charge in [0.1, 0.15) is 0 Å². The molecule has 0 bridgehead atoms. The van der Waals surface area contributed by atoms with Gasteiger partial charge >= 0.3 is 5.97 Å². The Morgan fingerprint density at radius 3 is 1.34 bits per heavy atom. The van der Waals surface area contributed by atoms with Crippen molar-refractivity contribution >= 4 is 11.9 Å². The summed E-state index contributed by atoms with van der Waals surface area (Å²) in [4.78, 5) is 24.4. The molecule has 0 aromatic rings. The Hall–Kier alpha value is -1.92. The van der Waals surface area contributed by atoms with Crippen LogP contribution in [0.4, 0.5) is 0 Å². The van der Waals surface area contributed by atoms with E-state index in [2.05, 4.69) is 55.6 Å². The van der Waals surface area contributed by atoms with E-state index in [0.717, 1.165) is 77.0 Å². The fourth-order valence-electron chi connectivity index (χ4n) is 7.51. The van der Waals surface area contributed by atoms with Crippen molar-refractivity contribution in [2.75, 3.05) is 13.2 Å². The summed E-state index contributed by atoms with van der Waals surface area (Å²) in [5, 5.41) is 23.2. The Bertz CT molecular complexity index is 946. The van der Waals surface area contributed by atoms with Crippen molar-refractivity contribution in [3.05, 3.63) is 36.5 Å². The van der Waals surface area contributed by atoms with E-state index < -0.39 is 12.1 Å². The number of hydrogen-bond acceptors (Lipinski definition) is 5. The van der Waals surface area contributed by atoms with E-state index in [4.69, 9.17) is 4.74 Å². The lowest BCUT2D eigenvalue weighted by molar-refractivity contribution is -0.143. The molecule has 0 radical (unpaired) electrons. The number of allylic oxidation sites excluding steroid dienone is 6. The molecule has 58 heavy (non-hydrogen) atoms. The summed E-state index contributed by atoms with van der Waals surface area (Å²) in [7, 11) is 0. The fourth-order valence-corrected chi connectivity index (χ4v) is 7.51. The van der Waals surface area contributed by atoms with Gasteiger partial charge in [0.15, 0.2) is 0 Å². The summed E-state index contributed by atoms with van der Waals surface area (Å²) in [6, 6.07) is -0.557. The molecule has 0 rings (SSSR count). The van der Waals surface area contributed by atoms with Crippen molar-refractivity contribution in [3.63, 3.8) is 0 Å². The van der Waals surface area contributed by atoms with Crippen LogP contribution in [0.25, 0.3) is 0 Å². The molecule has 2 atom stereocenters. The van der Waals surface area contributed by atoms with Gasteiger partial charge in [0, 0.05) is 12.8 Å². The lowest BCUT2D eigenvalue weighted by atomic mass is 10.0. The maximum atomic E-state index is 12.4. The minimum Gasteiger partial charge on any atom is -0.466 e. The highest BCUT2D eigenvalue weighted by atomic mass is 16.5. The Morgan fingerprint density at radius 2 is 0.862 bits per heavy atom. The second kappa shape index (κ2) is 47.8. The SMILES string of the molecule is CCCCCC/C=C\CCCCCCCC(=O)OCCCCC/C=C\C=C/CCCCCCCCC(=O)NC(CO)C(O)CCCCCCCCCCCCCCC. The second-order valence-corrected chi connectivity index (χ2v) is 17.2. The van der Waals surface area contributed by atoms with Gasteiger partial charge in [0.05, 0.1) is 25.4 Å². The molecular weight excluding hydrogens is 719 g/mol. The van der Waals surface area contributed by atoms with Gasteiger partial charge in [0.25, 0.3) is 0 Å². The van der Waals surface area contributed by atoms with Crippen LogP contribution in [0.2, 0.25) is 0 Å². The molecule has 2 unspecified atom stereocenters. The number of aliphatic hydroxyl groups excluding tert-OH is 2. The van der Waals surface area contributed by atoms with Gasteiger partial charge in [-0.1, -0.05) is 198 Å². The summed E-state index contributed by atoms with van der Waals surface area (Å²) < 4.78 is 5.42. The third-order valence-corrected chi connectivity index (χ3v) is 11.4. The van der Waals surface area contributed by atoms with Crippen molar-refractivity contribution in [2.24, 2.45) is 0 Å². The Balaban J connectivity index is 3.54. The highest BCUT2D eigenvalue weighted by molar-refractivity contribution is 5.76. The molecule has 0 heterocycles. The van der Waals surface area contributed by atoms with E-state index in [-0.39, 0.29) is 18.5 Å². The lowest BCUT2D eigenvalue weighted by Crippen LogP contribution is -2.45. The molecule has 0 aliphatic heterocycles. The zero-order valence-electron chi connectivity index (χ0n) is 38.5. The van der Waals surface area contributed by atoms with Crippen LogP contribution in [-0.4, -0.2) is 47.4 Å². The number of rotatable bonds is 46. The van der Waals surface area contributed by atoms with Gasteiger partial charge < -0.3 is 20.3 Å². The number of aliphatic hydroxyl groups is 2. The molecule has 0 saturated carbocycles. The molecule has 6 heteroatoms. The van der Waals surface area contributed by atoms with Crippen LogP contribution in [0, 0.1) is 0 Å². The van der Waals surface area contributed by atoms with Crippen molar-refractivity contribution < 1.29 is 24.5 Å². The van der Waals surface area contributed by atoms with Gasteiger partial charge in [-0.05, 0) is 83.5 Å². The molecule has 6 nitrogen and oxygen atoms in total. The van der Waals surface area contributed by atoms with Gasteiger partial charge in [-0.2, -0.15) is 0 Å². The second-order valence-electron chi connectivity index (χ2n) is 17.2. The van der Waals surface area contributed by atoms with Crippen molar-refractivity contribution in [2.45, 2.75) is 270 Å². The number of carbonyl (C=O) groups excluding carboxylic acids is 2.